The van der Waals surface area contributed by atoms with Crippen LogP contribution < -0.4 is 15.4 Å². The first kappa shape index (κ1) is 23.9. The molecular formula is C29H24FN5O2. The number of nitrogens with one attached hydrogen (secondary N) is 2. The van der Waals surface area contributed by atoms with Gasteiger partial charge in [-0.3, -0.25) is 0 Å². The summed E-state index contributed by atoms with van der Waals surface area (Å²) in [5, 5.41) is 7.08. The minimum Gasteiger partial charge on any atom is -0.438 e. The summed E-state index contributed by atoms with van der Waals surface area (Å²) in [6.45, 7) is 3.67. The van der Waals surface area contributed by atoms with Gasteiger partial charge in [-0.2, -0.15) is 0 Å². The first-order valence-corrected chi connectivity index (χ1v) is 11.8. The number of amides is 2. The summed E-state index contributed by atoms with van der Waals surface area (Å²) in [4.78, 5) is 26.0. The van der Waals surface area contributed by atoms with Crippen molar-refractivity contribution >= 4 is 28.2 Å². The molecule has 0 spiro atoms. The van der Waals surface area contributed by atoms with E-state index in [2.05, 4.69) is 25.6 Å². The number of halogens is 1. The Balaban J connectivity index is 1.43. The van der Waals surface area contributed by atoms with Crippen molar-refractivity contribution in [2.75, 3.05) is 10.6 Å². The molecule has 0 bridgehead atoms. The number of aromatic nitrogens is 3. The molecule has 2 aromatic heterocycles. The van der Waals surface area contributed by atoms with E-state index >= 15 is 0 Å². The lowest BCUT2D eigenvalue weighted by Crippen LogP contribution is -2.19. The highest BCUT2D eigenvalue weighted by molar-refractivity contribution is 6.07. The predicted octanol–water partition coefficient (Wildman–Crippen LogP) is 7.14. The summed E-state index contributed by atoms with van der Waals surface area (Å²) in [5.41, 5.74) is 2.92. The molecule has 3 aromatic carbocycles. The third-order valence-corrected chi connectivity index (χ3v) is 5.84. The molecule has 0 saturated heterocycles. The Hall–Kier alpha value is -4.85. The zero-order valence-electron chi connectivity index (χ0n) is 20.3. The minimum atomic E-state index is -0.482. The molecule has 0 unspecified atom stereocenters. The van der Waals surface area contributed by atoms with Crippen LogP contribution in [0.2, 0.25) is 0 Å². The average Bonchev–Trinajstić information content (AvgIpc) is 2.92. The van der Waals surface area contributed by atoms with Crippen molar-refractivity contribution in [3.05, 3.63) is 102 Å². The predicted molar refractivity (Wildman–Crippen MR) is 142 cm³/mol. The fourth-order valence-electron chi connectivity index (χ4n) is 3.92. The number of carbonyl (C=O) groups is 1. The standard InChI is InChI=1S/C29H24FN5O2/c1-3-27-31-16-14-25(34-27)22-9-6-15-32-28(22)37-26-13-12-24(20-7-4-5-8-21(20)26)35-29(36)33-19-11-10-18(2)23(30)17-19/h4-17H,3H2,1-2H3,(H2,33,35,36). The topological polar surface area (TPSA) is 89.0 Å². The molecule has 37 heavy (non-hydrogen) atoms. The lowest BCUT2D eigenvalue weighted by molar-refractivity contribution is 0.262. The van der Waals surface area contributed by atoms with Crippen molar-refractivity contribution in [2.24, 2.45) is 0 Å². The number of carbonyl (C=O) groups excluding carboxylic acids is 1. The first-order valence-electron chi connectivity index (χ1n) is 11.8. The molecule has 5 aromatic rings. The molecule has 5 rings (SSSR count). The molecule has 0 aliphatic heterocycles. The van der Waals surface area contributed by atoms with Gasteiger partial charge in [-0.15, -0.1) is 0 Å². The van der Waals surface area contributed by atoms with Crippen LogP contribution in [0.3, 0.4) is 0 Å². The number of hydrogen-bond donors (Lipinski definition) is 2. The second-order valence-electron chi connectivity index (χ2n) is 8.37. The van der Waals surface area contributed by atoms with Crippen molar-refractivity contribution in [2.45, 2.75) is 20.3 Å². The molecule has 184 valence electrons. The zero-order valence-corrected chi connectivity index (χ0v) is 20.3. The van der Waals surface area contributed by atoms with Gasteiger partial charge in [-0.25, -0.2) is 24.1 Å². The number of ether oxygens (including phenoxy) is 1. The van der Waals surface area contributed by atoms with Gasteiger partial charge in [0.15, 0.2) is 0 Å². The molecule has 2 heterocycles. The summed E-state index contributed by atoms with van der Waals surface area (Å²) < 4.78 is 20.2. The van der Waals surface area contributed by atoms with E-state index in [9.17, 15) is 9.18 Å². The van der Waals surface area contributed by atoms with Crippen LogP contribution in [0, 0.1) is 12.7 Å². The third-order valence-electron chi connectivity index (χ3n) is 5.84. The minimum absolute atomic E-state index is 0.364. The average molecular weight is 494 g/mol. The number of fused-ring (bicyclic) bond motifs is 1. The van der Waals surface area contributed by atoms with Crippen molar-refractivity contribution in [3.63, 3.8) is 0 Å². The van der Waals surface area contributed by atoms with Crippen molar-refractivity contribution < 1.29 is 13.9 Å². The van der Waals surface area contributed by atoms with Crippen LogP contribution in [-0.2, 0) is 6.42 Å². The molecule has 0 aliphatic rings. The SMILES string of the molecule is CCc1nccc(-c2cccnc2Oc2ccc(NC(=O)Nc3ccc(C)c(F)c3)c3ccccc23)n1. The molecule has 8 heteroatoms. The van der Waals surface area contributed by atoms with Crippen LogP contribution in [0.15, 0.2) is 85.2 Å². The van der Waals surface area contributed by atoms with Crippen LogP contribution >= 0.6 is 0 Å². The number of pyridine rings is 1. The van der Waals surface area contributed by atoms with Gasteiger partial charge >= 0.3 is 6.03 Å². The van der Waals surface area contributed by atoms with Gasteiger partial charge in [-0.1, -0.05) is 37.3 Å². The van der Waals surface area contributed by atoms with E-state index in [1.807, 2.05) is 49.4 Å². The number of nitrogens with zero attached hydrogens (tertiary/aromatic N) is 3. The lowest BCUT2D eigenvalue weighted by Gasteiger charge is -2.15. The number of benzene rings is 3. The Kier molecular flexibility index (Phi) is 6.72. The van der Waals surface area contributed by atoms with Gasteiger partial charge in [0.25, 0.3) is 0 Å². The van der Waals surface area contributed by atoms with Gasteiger partial charge in [0.1, 0.15) is 17.4 Å². The smallest absolute Gasteiger partial charge is 0.323 e. The van der Waals surface area contributed by atoms with Crippen LogP contribution in [0.1, 0.15) is 18.3 Å². The van der Waals surface area contributed by atoms with Crippen LogP contribution in [0.5, 0.6) is 11.6 Å². The van der Waals surface area contributed by atoms with Gasteiger partial charge in [0.2, 0.25) is 5.88 Å². The third kappa shape index (κ3) is 5.23. The Bertz CT molecular complexity index is 1610. The molecule has 2 amide bonds. The highest BCUT2D eigenvalue weighted by Gasteiger charge is 2.15. The molecule has 0 radical (unpaired) electrons. The van der Waals surface area contributed by atoms with Gasteiger partial charge in [0, 0.05) is 35.3 Å². The molecule has 0 saturated carbocycles. The second-order valence-corrected chi connectivity index (χ2v) is 8.37. The van der Waals surface area contributed by atoms with Crippen LogP contribution in [0.4, 0.5) is 20.6 Å². The van der Waals surface area contributed by atoms with Crippen LogP contribution in [-0.4, -0.2) is 21.0 Å². The summed E-state index contributed by atoms with van der Waals surface area (Å²) >= 11 is 0. The maximum absolute atomic E-state index is 13.9. The summed E-state index contributed by atoms with van der Waals surface area (Å²) in [5.74, 6) is 1.34. The second kappa shape index (κ2) is 10.4. The number of rotatable bonds is 6. The maximum atomic E-state index is 13.9. The van der Waals surface area contributed by atoms with Crippen molar-refractivity contribution in [1.29, 1.82) is 0 Å². The van der Waals surface area contributed by atoms with E-state index < -0.39 is 6.03 Å². The van der Waals surface area contributed by atoms with E-state index in [-0.39, 0.29) is 5.82 Å². The molecule has 2 N–H and O–H groups in total. The number of anilines is 2. The Labute approximate surface area is 213 Å². The van der Waals surface area contributed by atoms with Gasteiger partial charge in [0.05, 0.1) is 16.9 Å². The fraction of sp³-hybridized carbons (Fsp3) is 0.103. The number of urea groups is 1. The highest BCUT2D eigenvalue weighted by atomic mass is 19.1. The quantitative estimate of drug-likeness (QED) is 0.262. The molecule has 0 atom stereocenters. The first-order chi connectivity index (χ1) is 18.0. The maximum Gasteiger partial charge on any atom is 0.323 e. The Morgan fingerprint density at radius 1 is 0.919 bits per heavy atom. The molecule has 0 fully saturated rings. The largest absolute Gasteiger partial charge is 0.438 e. The monoisotopic (exact) mass is 493 g/mol. The summed E-state index contributed by atoms with van der Waals surface area (Å²) in [7, 11) is 0. The van der Waals surface area contributed by atoms with Crippen LogP contribution in [0.25, 0.3) is 22.0 Å². The molecular weight excluding hydrogens is 469 g/mol. The van der Waals surface area contributed by atoms with E-state index in [0.29, 0.717) is 28.6 Å². The summed E-state index contributed by atoms with van der Waals surface area (Å²) in [6.07, 6.45) is 4.11. The summed E-state index contributed by atoms with van der Waals surface area (Å²) in [6, 6.07) is 20.7. The zero-order chi connectivity index (χ0) is 25.8. The molecule has 0 aliphatic carbocycles. The number of hydrogen-bond acceptors (Lipinski definition) is 5. The van der Waals surface area contributed by atoms with Crippen molar-refractivity contribution in [3.8, 4) is 22.9 Å². The van der Waals surface area contributed by atoms with E-state index in [0.717, 1.165) is 34.3 Å². The van der Waals surface area contributed by atoms with Crippen molar-refractivity contribution in [1.82, 2.24) is 15.0 Å². The fourth-order valence-corrected chi connectivity index (χ4v) is 3.92. The van der Waals surface area contributed by atoms with Gasteiger partial charge in [-0.05, 0) is 55.0 Å². The highest BCUT2D eigenvalue weighted by Crippen LogP contribution is 2.36. The Morgan fingerprint density at radius 2 is 1.76 bits per heavy atom. The van der Waals surface area contributed by atoms with E-state index in [1.54, 1.807) is 43.6 Å². The Morgan fingerprint density at radius 3 is 2.57 bits per heavy atom. The van der Waals surface area contributed by atoms with Gasteiger partial charge < -0.3 is 15.4 Å². The lowest BCUT2D eigenvalue weighted by atomic mass is 10.1. The molecule has 7 nitrogen and oxygen atoms in total. The normalized spacial score (nSPS) is 10.8. The van der Waals surface area contributed by atoms with E-state index in [1.165, 1.54) is 6.07 Å². The number of aryl methyl sites for hydroxylation is 2. The van der Waals surface area contributed by atoms with E-state index in [4.69, 9.17) is 4.74 Å².